The molecule has 4 aliphatic carbocycles. The molecule has 1 amide bonds. The van der Waals surface area contributed by atoms with Gasteiger partial charge in [-0.15, -0.1) is 0 Å². The first-order chi connectivity index (χ1) is 15.9. The van der Waals surface area contributed by atoms with Gasteiger partial charge in [-0.25, -0.2) is 13.1 Å². The van der Waals surface area contributed by atoms with Crippen molar-refractivity contribution < 1.29 is 26.4 Å². The minimum atomic E-state index is -4.52. The van der Waals surface area contributed by atoms with E-state index in [1.165, 1.54) is 0 Å². The van der Waals surface area contributed by atoms with Crippen LogP contribution in [0.4, 0.5) is 13.2 Å². The number of nitrogens with zero attached hydrogens (tertiary/aromatic N) is 1. The van der Waals surface area contributed by atoms with Gasteiger partial charge in [-0.05, 0) is 94.4 Å². The number of benzene rings is 1. The summed E-state index contributed by atoms with van der Waals surface area (Å²) in [6.45, 7) is 3.11. The quantitative estimate of drug-likeness (QED) is 0.626. The number of nitrogens with one attached hydrogen (secondary N) is 2. The fourth-order valence-corrected chi connectivity index (χ4v) is 8.85. The molecule has 0 spiro atoms. The van der Waals surface area contributed by atoms with Crippen molar-refractivity contribution in [3.63, 3.8) is 0 Å². The van der Waals surface area contributed by atoms with Crippen molar-refractivity contribution in [1.29, 1.82) is 0 Å². The summed E-state index contributed by atoms with van der Waals surface area (Å²) < 4.78 is 68.0. The lowest BCUT2D eigenvalue weighted by Crippen LogP contribution is -2.69. The van der Waals surface area contributed by atoms with Crippen LogP contribution in [-0.4, -0.2) is 49.4 Å². The van der Waals surface area contributed by atoms with Gasteiger partial charge in [0.25, 0.3) is 0 Å². The van der Waals surface area contributed by atoms with Crippen LogP contribution in [0, 0.1) is 11.8 Å². The number of likely N-dealkylation sites (tertiary alicyclic amines) is 1. The number of hydrogen-bond acceptors (Lipinski definition) is 4. The molecule has 2 unspecified atom stereocenters. The van der Waals surface area contributed by atoms with Gasteiger partial charge in [-0.2, -0.15) is 13.2 Å². The van der Waals surface area contributed by atoms with E-state index in [-0.39, 0.29) is 28.9 Å². The number of sulfonamides is 1. The van der Waals surface area contributed by atoms with Gasteiger partial charge in [-0.3, -0.25) is 4.79 Å². The molecule has 4 saturated carbocycles. The zero-order valence-corrected chi connectivity index (χ0v) is 20.1. The van der Waals surface area contributed by atoms with Crippen LogP contribution in [0.1, 0.15) is 63.9 Å². The van der Waals surface area contributed by atoms with Crippen molar-refractivity contribution in [3.05, 3.63) is 29.8 Å². The molecule has 1 saturated heterocycles. The molecule has 4 bridgehead atoms. The Bertz CT molecular complexity index is 1040. The monoisotopic (exact) mass is 499 g/mol. The van der Waals surface area contributed by atoms with Crippen molar-refractivity contribution in [2.75, 3.05) is 13.1 Å². The van der Waals surface area contributed by atoms with Crippen LogP contribution < -0.4 is 10.0 Å². The zero-order valence-electron chi connectivity index (χ0n) is 19.3. The molecule has 188 valence electrons. The summed E-state index contributed by atoms with van der Waals surface area (Å²) in [5.74, 6) is 0.829. The Morgan fingerprint density at radius 2 is 1.71 bits per heavy atom. The van der Waals surface area contributed by atoms with E-state index in [1.54, 1.807) is 0 Å². The average molecular weight is 500 g/mol. The van der Waals surface area contributed by atoms with Crippen molar-refractivity contribution in [2.24, 2.45) is 11.8 Å². The molecule has 5 fully saturated rings. The molecule has 2 N–H and O–H groups in total. The maximum absolute atomic E-state index is 13.2. The van der Waals surface area contributed by atoms with Gasteiger partial charge in [0, 0.05) is 23.7 Å². The summed E-state index contributed by atoms with van der Waals surface area (Å²) in [5.41, 5.74) is -1.80. The Kier molecular flexibility index (Phi) is 5.80. The van der Waals surface area contributed by atoms with E-state index in [0.717, 1.165) is 75.8 Å². The van der Waals surface area contributed by atoms with Crippen LogP contribution in [-0.2, 0) is 21.0 Å². The Labute approximate surface area is 198 Å². The van der Waals surface area contributed by atoms with Gasteiger partial charge in [0.05, 0.1) is 17.0 Å². The smallest absolute Gasteiger partial charge is 0.339 e. The Morgan fingerprint density at radius 3 is 2.26 bits per heavy atom. The number of carbonyl (C=O) groups is 1. The molecule has 1 aliphatic heterocycles. The van der Waals surface area contributed by atoms with Crippen molar-refractivity contribution >= 4 is 15.9 Å². The highest BCUT2D eigenvalue weighted by atomic mass is 32.2. The standard InChI is InChI=1S/C24H32F3N3O3S/c1-16-3-2-8-30(16)21(31)14-28-22-10-17-9-18(11-22)13-23(12-17,15-22)29-34(32,33)20-6-4-19(5-7-20)24(25,26)27/h4-7,16-18,28-29H,2-3,8-15H2,1H3/t16-,17?,18?,22?,23?/m1/s1. The second-order valence-electron chi connectivity index (χ2n) is 11.1. The van der Waals surface area contributed by atoms with Gasteiger partial charge in [0.2, 0.25) is 15.9 Å². The molecule has 0 radical (unpaired) electrons. The van der Waals surface area contributed by atoms with Crippen LogP contribution in [0.5, 0.6) is 0 Å². The topological polar surface area (TPSA) is 78.5 Å². The van der Waals surface area contributed by atoms with Crippen LogP contribution in [0.25, 0.3) is 0 Å². The number of rotatable bonds is 6. The fourth-order valence-electron chi connectivity index (χ4n) is 7.42. The molecule has 10 heteroatoms. The highest BCUT2D eigenvalue weighted by Gasteiger charge is 2.58. The summed E-state index contributed by atoms with van der Waals surface area (Å²) in [6.07, 6.45) is 2.49. The van der Waals surface area contributed by atoms with Gasteiger partial charge in [0.1, 0.15) is 0 Å². The van der Waals surface area contributed by atoms with E-state index in [1.807, 2.05) is 4.90 Å². The van der Waals surface area contributed by atoms with Gasteiger partial charge >= 0.3 is 6.18 Å². The summed E-state index contributed by atoms with van der Waals surface area (Å²) in [6, 6.07) is 3.92. The first kappa shape index (κ1) is 24.1. The summed E-state index contributed by atoms with van der Waals surface area (Å²) in [4.78, 5) is 14.6. The molecule has 0 aromatic heterocycles. The van der Waals surface area contributed by atoms with Crippen molar-refractivity contribution in [2.45, 2.75) is 86.5 Å². The maximum Gasteiger partial charge on any atom is 0.416 e. The van der Waals surface area contributed by atoms with Crippen LogP contribution in [0.2, 0.25) is 0 Å². The molecule has 6 nitrogen and oxygen atoms in total. The predicted molar refractivity (Wildman–Crippen MR) is 120 cm³/mol. The first-order valence-corrected chi connectivity index (χ1v) is 13.6. The fraction of sp³-hybridized carbons (Fsp3) is 0.708. The van der Waals surface area contributed by atoms with E-state index in [4.69, 9.17) is 0 Å². The highest BCUT2D eigenvalue weighted by molar-refractivity contribution is 7.89. The summed E-state index contributed by atoms with van der Waals surface area (Å²) in [5, 5.41) is 3.55. The molecule has 5 aliphatic rings. The van der Waals surface area contributed by atoms with Crippen molar-refractivity contribution in [3.8, 4) is 0 Å². The molecular weight excluding hydrogens is 467 g/mol. The number of halogens is 3. The van der Waals surface area contributed by atoms with Gasteiger partial charge in [-0.1, -0.05) is 0 Å². The maximum atomic E-state index is 13.2. The Hall–Kier alpha value is -1.65. The minimum Gasteiger partial charge on any atom is -0.339 e. The van der Waals surface area contributed by atoms with Crippen LogP contribution in [0.15, 0.2) is 29.2 Å². The third kappa shape index (κ3) is 4.48. The Balaban J connectivity index is 1.32. The van der Waals surface area contributed by atoms with E-state index < -0.39 is 27.3 Å². The highest BCUT2D eigenvalue weighted by Crippen LogP contribution is 2.57. The van der Waals surface area contributed by atoms with E-state index in [9.17, 15) is 26.4 Å². The average Bonchev–Trinajstić information content (AvgIpc) is 3.16. The molecule has 6 rings (SSSR count). The van der Waals surface area contributed by atoms with Gasteiger partial charge < -0.3 is 10.2 Å². The van der Waals surface area contributed by atoms with E-state index >= 15 is 0 Å². The number of amides is 1. The predicted octanol–water partition coefficient (Wildman–Crippen LogP) is 3.68. The number of carbonyl (C=O) groups excluding carboxylic acids is 1. The first-order valence-electron chi connectivity index (χ1n) is 12.1. The Morgan fingerprint density at radius 1 is 1.09 bits per heavy atom. The number of hydrogen-bond donors (Lipinski definition) is 2. The van der Waals surface area contributed by atoms with Crippen LogP contribution >= 0.6 is 0 Å². The second-order valence-corrected chi connectivity index (χ2v) is 12.8. The number of alkyl halides is 3. The summed E-state index contributed by atoms with van der Waals surface area (Å²) >= 11 is 0. The third-order valence-electron chi connectivity index (χ3n) is 8.39. The van der Waals surface area contributed by atoms with Crippen molar-refractivity contribution in [1.82, 2.24) is 14.9 Å². The third-order valence-corrected chi connectivity index (χ3v) is 9.99. The largest absolute Gasteiger partial charge is 0.416 e. The summed E-state index contributed by atoms with van der Waals surface area (Å²) in [7, 11) is -3.98. The molecular formula is C24H32F3N3O3S. The molecule has 34 heavy (non-hydrogen) atoms. The van der Waals surface area contributed by atoms with Crippen LogP contribution in [0.3, 0.4) is 0 Å². The molecule has 1 aromatic rings. The normalized spacial score (nSPS) is 35.2. The lowest BCUT2D eigenvalue weighted by molar-refractivity contribution is -0.137. The minimum absolute atomic E-state index is 0.0973. The SMILES string of the molecule is C[C@@H]1CCCN1C(=O)CNC12CC3CC(C1)CC(NS(=O)(=O)c1ccc(C(F)(F)F)cc1)(C3)C2. The molecule has 1 aromatic carbocycles. The van der Waals surface area contributed by atoms with E-state index in [0.29, 0.717) is 18.3 Å². The lowest BCUT2D eigenvalue weighted by Gasteiger charge is -2.62. The second kappa shape index (κ2) is 8.20. The zero-order chi connectivity index (χ0) is 24.4. The lowest BCUT2D eigenvalue weighted by atomic mass is 9.50. The molecule has 1 heterocycles. The van der Waals surface area contributed by atoms with Gasteiger partial charge in [0.15, 0.2) is 0 Å². The molecule has 3 atom stereocenters. The van der Waals surface area contributed by atoms with E-state index in [2.05, 4.69) is 17.0 Å².